The molecule has 1 aromatic heterocycles. The number of hydrogen-bond acceptors (Lipinski definition) is 3. The molecule has 0 aliphatic heterocycles. The van der Waals surface area contributed by atoms with Crippen molar-refractivity contribution in [1.29, 1.82) is 0 Å². The third-order valence-electron chi connectivity index (χ3n) is 2.33. The second kappa shape index (κ2) is 4.60. The van der Waals surface area contributed by atoms with Gasteiger partial charge in [0.2, 0.25) is 0 Å². The van der Waals surface area contributed by atoms with Gasteiger partial charge in [0.25, 0.3) is 0 Å². The third-order valence-corrected chi connectivity index (χ3v) is 2.53. The van der Waals surface area contributed by atoms with E-state index in [-0.39, 0.29) is 5.41 Å². The Kier molecular flexibility index (Phi) is 3.69. The van der Waals surface area contributed by atoms with Gasteiger partial charge in [0.1, 0.15) is 5.82 Å². The fourth-order valence-corrected chi connectivity index (χ4v) is 1.03. The van der Waals surface area contributed by atoms with Crippen LogP contribution in [-0.2, 0) is 0 Å². The zero-order valence-electron chi connectivity index (χ0n) is 8.84. The van der Waals surface area contributed by atoms with Gasteiger partial charge in [-0.3, -0.25) is 0 Å². The van der Waals surface area contributed by atoms with E-state index in [0.717, 1.165) is 18.8 Å². The van der Waals surface area contributed by atoms with E-state index in [4.69, 9.17) is 11.6 Å². The van der Waals surface area contributed by atoms with Crippen LogP contribution in [0.25, 0.3) is 0 Å². The summed E-state index contributed by atoms with van der Waals surface area (Å²) in [4.78, 5) is 0. The van der Waals surface area contributed by atoms with Gasteiger partial charge in [-0.1, -0.05) is 32.4 Å². The summed E-state index contributed by atoms with van der Waals surface area (Å²) in [6, 6.07) is 1.78. The summed E-state index contributed by atoms with van der Waals surface area (Å²) in [6.07, 6.45) is 2.64. The van der Waals surface area contributed by atoms with E-state index in [1.54, 1.807) is 6.07 Å². The maximum Gasteiger partial charge on any atom is 0.150 e. The van der Waals surface area contributed by atoms with Crippen molar-refractivity contribution in [1.82, 2.24) is 10.2 Å². The summed E-state index contributed by atoms with van der Waals surface area (Å²) in [7, 11) is 0. The number of nitrogens with one attached hydrogen (secondary N) is 1. The predicted octanol–water partition coefficient (Wildman–Crippen LogP) is 2.98. The van der Waals surface area contributed by atoms with Gasteiger partial charge in [0, 0.05) is 12.6 Å². The first-order valence-corrected chi connectivity index (χ1v) is 5.13. The van der Waals surface area contributed by atoms with Crippen molar-refractivity contribution in [3.8, 4) is 0 Å². The topological polar surface area (TPSA) is 37.8 Å². The number of nitrogens with zero attached hydrogens (tertiary/aromatic N) is 2. The number of rotatable bonds is 4. The first kappa shape index (κ1) is 11.2. The molecule has 14 heavy (non-hydrogen) atoms. The fourth-order valence-electron chi connectivity index (χ4n) is 0.884. The molecule has 0 amide bonds. The number of hydrogen-bond donors (Lipinski definition) is 1. The van der Waals surface area contributed by atoms with Crippen LogP contribution in [0.1, 0.15) is 27.2 Å². The summed E-state index contributed by atoms with van der Waals surface area (Å²) in [6.45, 7) is 7.46. The van der Waals surface area contributed by atoms with E-state index in [0.29, 0.717) is 5.02 Å². The van der Waals surface area contributed by atoms with Gasteiger partial charge in [0.15, 0.2) is 0 Å². The van der Waals surface area contributed by atoms with E-state index in [9.17, 15) is 0 Å². The SMILES string of the molecule is CCC(C)(C)CNc1cc(Cl)cnn1. The maximum atomic E-state index is 5.79. The van der Waals surface area contributed by atoms with Crippen molar-refractivity contribution in [2.45, 2.75) is 27.2 Å². The van der Waals surface area contributed by atoms with Gasteiger partial charge in [-0.15, -0.1) is 5.10 Å². The minimum Gasteiger partial charge on any atom is -0.368 e. The minimum atomic E-state index is 0.268. The average molecular weight is 214 g/mol. The Labute approximate surface area is 89.9 Å². The van der Waals surface area contributed by atoms with Crippen LogP contribution in [0.5, 0.6) is 0 Å². The highest BCUT2D eigenvalue weighted by Crippen LogP contribution is 2.20. The highest BCUT2D eigenvalue weighted by molar-refractivity contribution is 6.30. The van der Waals surface area contributed by atoms with Crippen LogP contribution in [0.2, 0.25) is 5.02 Å². The van der Waals surface area contributed by atoms with Crippen LogP contribution in [-0.4, -0.2) is 16.7 Å². The molecular weight excluding hydrogens is 198 g/mol. The van der Waals surface area contributed by atoms with E-state index in [1.807, 2.05) is 0 Å². The Morgan fingerprint density at radius 2 is 2.21 bits per heavy atom. The summed E-state index contributed by atoms with van der Waals surface area (Å²) in [5.74, 6) is 0.735. The lowest BCUT2D eigenvalue weighted by atomic mass is 9.90. The standard InChI is InChI=1S/C10H16ClN3/c1-4-10(2,3)7-12-9-5-8(11)6-13-14-9/h5-6H,4,7H2,1-3H3,(H,12,14). The van der Waals surface area contributed by atoms with Crippen LogP contribution in [0.4, 0.5) is 5.82 Å². The molecule has 1 rings (SSSR count). The van der Waals surface area contributed by atoms with Crippen molar-refractivity contribution >= 4 is 17.4 Å². The van der Waals surface area contributed by atoms with E-state index < -0.39 is 0 Å². The van der Waals surface area contributed by atoms with Crippen molar-refractivity contribution in [3.63, 3.8) is 0 Å². The molecule has 0 aliphatic carbocycles. The molecule has 0 fully saturated rings. The third kappa shape index (κ3) is 3.50. The molecule has 1 heterocycles. The summed E-state index contributed by atoms with van der Waals surface area (Å²) < 4.78 is 0. The van der Waals surface area contributed by atoms with E-state index in [1.165, 1.54) is 6.20 Å². The summed E-state index contributed by atoms with van der Waals surface area (Å²) in [5.41, 5.74) is 0.268. The smallest absolute Gasteiger partial charge is 0.150 e. The molecule has 1 N–H and O–H groups in total. The molecule has 0 radical (unpaired) electrons. The maximum absolute atomic E-state index is 5.79. The normalized spacial score (nSPS) is 11.4. The first-order valence-electron chi connectivity index (χ1n) is 4.75. The Hall–Kier alpha value is -0.830. The molecule has 0 bridgehead atoms. The lowest BCUT2D eigenvalue weighted by Crippen LogP contribution is -2.22. The fraction of sp³-hybridized carbons (Fsp3) is 0.600. The molecule has 3 nitrogen and oxygen atoms in total. The molecule has 0 aliphatic rings. The molecule has 0 unspecified atom stereocenters. The van der Waals surface area contributed by atoms with Crippen molar-refractivity contribution < 1.29 is 0 Å². The summed E-state index contributed by atoms with van der Waals surface area (Å²) >= 11 is 5.79. The highest BCUT2D eigenvalue weighted by atomic mass is 35.5. The van der Waals surface area contributed by atoms with Gasteiger partial charge in [0.05, 0.1) is 11.2 Å². The molecule has 0 saturated carbocycles. The zero-order valence-corrected chi connectivity index (χ0v) is 9.60. The van der Waals surface area contributed by atoms with Gasteiger partial charge >= 0.3 is 0 Å². The number of anilines is 1. The molecular formula is C10H16ClN3. The van der Waals surface area contributed by atoms with E-state index >= 15 is 0 Å². The second-order valence-corrected chi connectivity index (χ2v) is 4.57. The lowest BCUT2D eigenvalue weighted by molar-refractivity contribution is 0.376. The van der Waals surface area contributed by atoms with Crippen LogP contribution in [0, 0.1) is 5.41 Å². The molecule has 0 spiro atoms. The van der Waals surface area contributed by atoms with Crippen molar-refractivity contribution in [2.75, 3.05) is 11.9 Å². The lowest BCUT2D eigenvalue weighted by Gasteiger charge is -2.22. The molecule has 4 heteroatoms. The van der Waals surface area contributed by atoms with Crippen LogP contribution in [0.15, 0.2) is 12.3 Å². The molecule has 1 aromatic rings. The Bertz CT molecular complexity index is 299. The van der Waals surface area contributed by atoms with Crippen LogP contribution < -0.4 is 5.32 Å². The molecule has 0 aromatic carbocycles. The predicted molar refractivity (Wildman–Crippen MR) is 59.6 cm³/mol. The number of aromatic nitrogens is 2. The van der Waals surface area contributed by atoms with Crippen molar-refractivity contribution in [2.24, 2.45) is 5.41 Å². The van der Waals surface area contributed by atoms with Crippen LogP contribution >= 0.6 is 11.6 Å². The summed E-state index contributed by atoms with van der Waals surface area (Å²) in [5, 5.41) is 11.5. The molecule has 78 valence electrons. The highest BCUT2D eigenvalue weighted by Gasteiger charge is 2.14. The minimum absolute atomic E-state index is 0.268. The largest absolute Gasteiger partial charge is 0.368 e. The van der Waals surface area contributed by atoms with Crippen LogP contribution in [0.3, 0.4) is 0 Å². The van der Waals surface area contributed by atoms with Gasteiger partial charge in [-0.2, -0.15) is 5.10 Å². The quantitative estimate of drug-likeness (QED) is 0.836. The number of halogens is 1. The Balaban J connectivity index is 2.54. The Morgan fingerprint density at radius 3 is 2.79 bits per heavy atom. The van der Waals surface area contributed by atoms with Gasteiger partial charge in [-0.05, 0) is 11.8 Å². The average Bonchev–Trinajstić information content (AvgIpc) is 2.15. The monoisotopic (exact) mass is 213 g/mol. The molecule has 0 saturated heterocycles. The van der Waals surface area contributed by atoms with E-state index in [2.05, 4.69) is 36.3 Å². The van der Waals surface area contributed by atoms with Gasteiger partial charge < -0.3 is 5.32 Å². The second-order valence-electron chi connectivity index (χ2n) is 4.13. The van der Waals surface area contributed by atoms with Crippen molar-refractivity contribution in [3.05, 3.63) is 17.3 Å². The Morgan fingerprint density at radius 1 is 1.50 bits per heavy atom. The first-order chi connectivity index (χ1) is 6.53. The molecule has 0 atom stereocenters. The van der Waals surface area contributed by atoms with Gasteiger partial charge in [-0.25, -0.2) is 0 Å². The zero-order chi connectivity index (χ0) is 10.6.